The molecule has 0 aromatic heterocycles. The summed E-state index contributed by atoms with van der Waals surface area (Å²) < 4.78 is 5.05. The van der Waals surface area contributed by atoms with E-state index >= 15 is 0 Å². The molecule has 2 atom stereocenters. The van der Waals surface area contributed by atoms with Gasteiger partial charge in [-0.2, -0.15) is 0 Å². The summed E-state index contributed by atoms with van der Waals surface area (Å²) in [6, 6.07) is 8.34. The van der Waals surface area contributed by atoms with E-state index < -0.39 is 6.10 Å². The number of aliphatic hydroxyl groups is 1. The van der Waals surface area contributed by atoms with Gasteiger partial charge in [0.15, 0.2) is 0 Å². The van der Waals surface area contributed by atoms with Gasteiger partial charge in [0.1, 0.15) is 0 Å². The van der Waals surface area contributed by atoms with E-state index in [4.69, 9.17) is 4.74 Å². The minimum atomic E-state index is -0.469. The molecule has 0 spiro atoms. The Bertz CT molecular complexity index is 362. The van der Waals surface area contributed by atoms with Crippen LogP contribution in [-0.2, 0) is 11.2 Å². The number of rotatable bonds is 9. The molecule has 114 valence electrons. The Kier molecular flexibility index (Phi) is 7.82. The Morgan fingerprint density at radius 1 is 1.20 bits per heavy atom. The van der Waals surface area contributed by atoms with Crippen LogP contribution in [0.5, 0.6) is 0 Å². The highest BCUT2D eigenvalue weighted by Crippen LogP contribution is 2.22. The van der Waals surface area contributed by atoms with Crippen LogP contribution in [0.15, 0.2) is 24.3 Å². The first kappa shape index (κ1) is 17.2. The first-order valence-electron chi connectivity index (χ1n) is 7.59. The molecule has 20 heavy (non-hydrogen) atoms. The molecule has 0 aliphatic carbocycles. The Morgan fingerprint density at radius 2 is 1.85 bits per heavy atom. The molecule has 0 fully saturated rings. The van der Waals surface area contributed by atoms with Crippen LogP contribution in [0, 0.1) is 5.92 Å². The number of benzene rings is 1. The molecule has 0 saturated heterocycles. The van der Waals surface area contributed by atoms with Crippen LogP contribution in [0.4, 0.5) is 0 Å². The third-order valence-corrected chi connectivity index (χ3v) is 3.69. The van der Waals surface area contributed by atoms with E-state index in [1.54, 1.807) is 7.11 Å². The van der Waals surface area contributed by atoms with Crippen molar-refractivity contribution in [1.29, 1.82) is 0 Å². The standard InChI is InChI=1S/C17H29NO2/c1-5-14-7-9-15(10-8-14)17(19)16(13(2)3)18-11-6-12-20-4/h7-10,13,16-19H,5-6,11-12H2,1-4H3. The van der Waals surface area contributed by atoms with Gasteiger partial charge < -0.3 is 15.2 Å². The number of nitrogens with one attached hydrogen (secondary N) is 1. The number of aliphatic hydroxyl groups excluding tert-OH is 1. The lowest BCUT2D eigenvalue weighted by Crippen LogP contribution is -2.40. The second kappa shape index (κ2) is 9.11. The number of aryl methyl sites for hydroxylation is 1. The minimum Gasteiger partial charge on any atom is -0.387 e. The van der Waals surface area contributed by atoms with E-state index in [-0.39, 0.29) is 6.04 Å². The van der Waals surface area contributed by atoms with E-state index in [0.29, 0.717) is 5.92 Å². The van der Waals surface area contributed by atoms with Crippen LogP contribution in [0.3, 0.4) is 0 Å². The number of hydrogen-bond donors (Lipinski definition) is 2. The van der Waals surface area contributed by atoms with Crippen molar-refractivity contribution in [3.63, 3.8) is 0 Å². The van der Waals surface area contributed by atoms with Gasteiger partial charge in [0, 0.05) is 19.8 Å². The molecule has 0 aliphatic heterocycles. The van der Waals surface area contributed by atoms with Gasteiger partial charge in [-0.15, -0.1) is 0 Å². The van der Waals surface area contributed by atoms with Crippen molar-refractivity contribution < 1.29 is 9.84 Å². The number of hydrogen-bond acceptors (Lipinski definition) is 3. The predicted molar refractivity (Wildman–Crippen MR) is 83.9 cm³/mol. The van der Waals surface area contributed by atoms with E-state index in [1.165, 1.54) is 5.56 Å². The van der Waals surface area contributed by atoms with Crippen molar-refractivity contribution in [2.75, 3.05) is 20.3 Å². The monoisotopic (exact) mass is 279 g/mol. The summed E-state index contributed by atoms with van der Waals surface area (Å²) in [7, 11) is 1.71. The zero-order chi connectivity index (χ0) is 15.0. The third kappa shape index (κ3) is 5.23. The fourth-order valence-corrected chi connectivity index (χ4v) is 2.36. The molecule has 3 heteroatoms. The molecule has 0 bridgehead atoms. The first-order chi connectivity index (χ1) is 9.60. The maximum Gasteiger partial charge on any atom is 0.0945 e. The van der Waals surface area contributed by atoms with Crippen molar-refractivity contribution in [2.45, 2.75) is 45.8 Å². The largest absolute Gasteiger partial charge is 0.387 e. The Labute approximate surface area is 123 Å². The van der Waals surface area contributed by atoms with Gasteiger partial charge in [-0.25, -0.2) is 0 Å². The highest BCUT2D eigenvalue weighted by atomic mass is 16.5. The van der Waals surface area contributed by atoms with E-state index in [0.717, 1.165) is 31.6 Å². The van der Waals surface area contributed by atoms with Gasteiger partial charge in [-0.1, -0.05) is 45.0 Å². The lowest BCUT2D eigenvalue weighted by atomic mass is 9.92. The SMILES string of the molecule is CCc1ccc(C(O)C(NCCCOC)C(C)C)cc1. The van der Waals surface area contributed by atoms with Crippen molar-refractivity contribution in [3.05, 3.63) is 35.4 Å². The van der Waals surface area contributed by atoms with E-state index in [2.05, 4.69) is 38.2 Å². The lowest BCUT2D eigenvalue weighted by molar-refractivity contribution is 0.103. The van der Waals surface area contributed by atoms with Gasteiger partial charge >= 0.3 is 0 Å². The fourth-order valence-electron chi connectivity index (χ4n) is 2.36. The smallest absolute Gasteiger partial charge is 0.0945 e. The quantitative estimate of drug-likeness (QED) is 0.683. The maximum atomic E-state index is 10.6. The molecule has 0 radical (unpaired) electrons. The Balaban J connectivity index is 2.64. The van der Waals surface area contributed by atoms with Gasteiger partial charge in [-0.05, 0) is 36.4 Å². The van der Waals surface area contributed by atoms with Crippen molar-refractivity contribution in [3.8, 4) is 0 Å². The van der Waals surface area contributed by atoms with Crippen LogP contribution >= 0.6 is 0 Å². The zero-order valence-corrected chi connectivity index (χ0v) is 13.2. The molecule has 1 aromatic carbocycles. The van der Waals surface area contributed by atoms with Gasteiger partial charge in [0.25, 0.3) is 0 Å². The number of methoxy groups -OCH3 is 1. The molecule has 0 amide bonds. The molecule has 1 aromatic rings. The van der Waals surface area contributed by atoms with Crippen molar-refractivity contribution >= 4 is 0 Å². The molecular formula is C17H29NO2. The summed E-state index contributed by atoms with van der Waals surface area (Å²) in [5.41, 5.74) is 2.29. The van der Waals surface area contributed by atoms with Crippen molar-refractivity contribution in [1.82, 2.24) is 5.32 Å². The molecule has 1 rings (SSSR count). The second-order valence-electron chi connectivity index (χ2n) is 5.61. The number of ether oxygens (including phenoxy) is 1. The molecule has 2 unspecified atom stereocenters. The summed E-state index contributed by atoms with van der Waals surface area (Å²) in [6.07, 6.45) is 1.52. The lowest BCUT2D eigenvalue weighted by Gasteiger charge is -2.28. The fraction of sp³-hybridized carbons (Fsp3) is 0.647. The summed E-state index contributed by atoms with van der Waals surface area (Å²) >= 11 is 0. The van der Waals surface area contributed by atoms with Crippen LogP contribution in [0.25, 0.3) is 0 Å². The van der Waals surface area contributed by atoms with Gasteiger partial charge in [0.05, 0.1) is 6.10 Å². The van der Waals surface area contributed by atoms with Crippen LogP contribution in [0.2, 0.25) is 0 Å². The molecule has 0 saturated carbocycles. The molecule has 0 aliphatic rings. The summed E-state index contributed by atoms with van der Waals surface area (Å²) in [6.45, 7) is 8.02. The summed E-state index contributed by atoms with van der Waals surface area (Å²) in [5, 5.41) is 14.0. The molecule has 2 N–H and O–H groups in total. The van der Waals surface area contributed by atoms with Crippen LogP contribution < -0.4 is 5.32 Å². The Hall–Kier alpha value is -0.900. The highest BCUT2D eigenvalue weighted by Gasteiger charge is 2.23. The molecular weight excluding hydrogens is 250 g/mol. The van der Waals surface area contributed by atoms with Gasteiger partial charge in [-0.3, -0.25) is 0 Å². The average molecular weight is 279 g/mol. The molecule has 0 heterocycles. The highest BCUT2D eigenvalue weighted by molar-refractivity contribution is 5.25. The summed E-state index contributed by atoms with van der Waals surface area (Å²) in [5.74, 6) is 0.374. The van der Waals surface area contributed by atoms with Crippen molar-refractivity contribution in [2.24, 2.45) is 5.92 Å². The third-order valence-electron chi connectivity index (χ3n) is 3.69. The Morgan fingerprint density at radius 3 is 2.35 bits per heavy atom. The minimum absolute atomic E-state index is 0.0688. The molecule has 3 nitrogen and oxygen atoms in total. The zero-order valence-electron chi connectivity index (χ0n) is 13.2. The second-order valence-corrected chi connectivity index (χ2v) is 5.61. The van der Waals surface area contributed by atoms with E-state index in [9.17, 15) is 5.11 Å². The average Bonchev–Trinajstić information content (AvgIpc) is 2.46. The van der Waals surface area contributed by atoms with Crippen LogP contribution in [-0.4, -0.2) is 31.4 Å². The van der Waals surface area contributed by atoms with E-state index in [1.807, 2.05) is 12.1 Å². The first-order valence-corrected chi connectivity index (χ1v) is 7.59. The normalized spacial score (nSPS) is 14.5. The maximum absolute atomic E-state index is 10.6. The van der Waals surface area contributed by atoms with Gasteiger partial charge in [0.2, 0.25) is 0 Å². The topological polar surface area (TPSA) is 41.5 Å². The van der Waals surface area contributed by atoms with Crippen LogP contribution in [0.1, 0.15) is 44.4 Å². The summed E-state index contributed by atoms with van der Waals surface area (Å²) in [4.78, 5) is 0. The predicted octanol–water partition coefficient (Wildman–Crippen LogP) is 2.93.